The van der Waals surface area contributed by atoms with E-state index in [-0.39, 0.29) is 17.9 Å². The molecule has 0 saturated carbocycles. The van der Waals surface area contributed by atoms with Gasteiger partial charge in [0.05, 0.1) is 19.2 Å². The van der Waals surface area contributed by atoms with Crippen molar-refractivity contribution in [3.05, 3.63) is 70.1 Å². The molecule has 1 heterocycles. The molecule has 2 aromatic carbocycles. The molecule has 0 aliphatic heterocycles. The van der Waals surface area contributed by atoms with Crippen molar-refractivity contribution in [3.8, 4) is 0 Å². The smallest absolute Gasteiger partial charge is 0.310 e. The zero-order valence-electron chi connectivity index (χ0n) is 12.7. The summed E-state index contributed by atoms with van der Waals surface area (Å²) in [6, 6.07) is 10.5. The number of hydrogen-bond acceptors (Lipinski definition) is 3. The first-order valence-corrected chi connectivity index (χ1v) is 7.54. The standard InChI is InChI=1S/C18H13ClFNO3/c1-24-16(22)9-14-13-7-6-12(20)8-15(13)21-17(14)18(23)10-2-4-11(19)5-3-10/h2-8,21H,9H2,1H3. The Bertz CT molecular complexity index is 931. The molecule has 0 radical (unpaired) electrons. The molecular formula is C18H13ClFNO3. The van der Waals surface area contributed by atoms with Crippen LogP contribution in [0.1, 0.15) is 21.6 Å². The lowest BCUT2D eigenvalue weighted by atomic mass is 10.0. The second-order valence-electron chi connectivity index (χ2n) is 5.26. The fourth-order valence-corrected chi connectivity index (χ4v) is 2.69. The quantitative estimate of drug-likeness (QED) is 0.576. The zero-order valence-corrected chi connectivity index (χ0v) is 13.5. The lowest BCUT2D eigenvalue weighted by Crippen LogP contribution is -2.10. The van der Waals surface area contributed by atoms with E-state index >= 15 is 0 Å². The van der Waals surface area contributed by atoms with Crippen LogP contribution in [0.15, 0.2) is 42.5 Å². The van der Waals surface area contributed by atoms with Crippen molar-refractivity contribution in [1.82, 2.24) is 4.98 Å². The summed E-state index contributed by atoms with van der Waals surface area (Å²) >= 11 is 5.84. The van der Waals surface area contributed by atoms with Gasteiger partial charge in [-0.15, -0.1) is 0 Å². The van der Waals surface area contributed by atoms with Gasteiger partial charge >= 0.3 is 5.97 Å². The minimum atomic E-state index is -0.481. The molecule has 6 heteroatoms. The highest BCUT2D eigenvalue weighted by atomic mass is 35.5. The number of aromatic amines is 1. The topological polar surface area (TPSA) is 59.2 Å². The summed E-state index contributed by atoms with van der Waals surface area (Å²) in [6.07, 6.45) is -0.0865. The highest BCUT2D eigenvalue weighted by molar-refractivity contribution is 6.30. The molecule has 0 spiro atoms. The number of rotatable bonds is 4. The minimum Gasteiger partial charge on any atom is -0.469 e. The molecule has 0 unspecified atom stereocenters. The van der Waals surface area contributed by atoms with Crippen molar-refractivity contribution in [3.63, 3.8) is 0 Å². The molecular weight excluding hydrogens is 333 g/mol. The number of fused-ring (bicyclic) bond motifs is 1. The Hall–Kier alpha value is -2.66. The average Bonchev–Trinajstić information content (AvgIpc) is 2.92. The largest absolute Gasteiger partial charge is 0.469 e. The van der Waals surface area contributed by atoms with Crippen LogP contribution in [0.5, 0.6) is 0 Å². The van der Waals surface area contributed by atoms with Gasteiger partial charge < -0.3 is 9.72 Å². The van der Waals surface area contributed by atoms with E-state index in [1.54, 1.807) is 24.3 Å². The van der Waals surface area contributed by atoms with Crippen LogP contribution in [0.25, 0.3) is 10.9 Å². The van der Waals surface area contributed by atoms with E-state index in [1.165, 1.54) is 25.3 Å². The number of esters is 1. The first kappa shape index (κ1) is 16.2. The van der Waals surface area contributed by atoms with Gasteiger partial charge in [-0.1, -0.05) is 11.6 Å². The number of H-pyrrole nitrogens is 1. The summed E-state index contributed by atoms with van der Waals surface area (Å²) in [5.74, 6) is -1.22. The van der Waals surface area contributed by atoms with Gasteiger partial charge in [0.2, 0.25) is 5.78 Å². The molecule has 0 amide bonds. The molecule has 1 N–H and O–H groups in total. The predicted octanol–water partition coefficient (Wildman–Crippen LogP) is 3.91. The number of carbonyl (C=O) groups is 2. The van der Waals surface area contributed by atoms with Crippen molar-refractivity contribution in [1.29, 1.82) is 0 Å². The Balaban J connectivity index is 2.14. The van der Waals surface area contributed by atoms with Gasteiger partial charge in [0, 0.05) is 27.1 Å². The van der Waals surface area contributed by atoms with Crippen LogP contribution in [0.4, 0.5) is 4.39 Å². The summed E-state index contributed by atoms with van der Waals surface area (Å²) in [5, 5.41) is 1.12. The number of ketones is 1. The number of hydrogen-bond donors (Lipinski definition) is 1. The van der Waals surface area contributed by atoms with E-state index in [0.29, 0.717) is 27.1 Å². The maximum atomic E-state index is 13.5. The van der Waals surface area contributed by atoms with E-state index in [9.17, 15) is 14.0 Å². The normalized spacial score (nSPS) is 10.8. The number of ether oxygens (including phenoxy) is 1. The molecule has 24 heavy (non-hydrogen) atoms. The third-order valence-corrected chi connectivity index (χ3v) is 4.00. The number of methoxy groups -OCH3 is 1. The van der Waals surface area contributed by atoms with Crippen molar-refractivity contribution >= 4 is 34.3 Å². The Kier molecular flexibility index (Phi) is 4.36. The van der Waals surface area contributed by atoms with Crippen molar-refractivity contribution < 1.29 is 18.7 Å². The van der Waals surface area contributed by atoms with Gasteiger partial charge in [0.25, 0.3) is 0 Å². The number of nitrogens with one attached hydrogen (secondary N) is 1. The van der Waals surface area contributed by atoms with Gasteiger partial charge in [-0.2, -0.15) is 0 Å². The molecule has 0 atom stereocenters. The molecule has 0 bridgehead atoms. The van der Waals surface area contributed by atoms with Crippen LogP contribution >= 0.6 is 11.6 Å². The van der Waals surface area contributed by atoms with Crippen LogP contribution < -0.4 is 0 Å². The molecule has 0 fully saturated rings. The van der Waals surface area contributed by atoms with Gasteiger partial charge in [0.1, 0.15) is 5.82 Å². The van der Waals surface area contributed by atoms with E-state index in [1.807, 2.05) is 0 Å². The molecule has 122 valence electrons. The maximum Gasteiger partial charge on any atom is 0.310 e. The summed E-state index contributed by atoms with van der Waals surface area (Å²) < 4.78 is 18.2. The molecule has 3 aromatic rings. The second-order valence-corrected chi connectivity index (χ2v) is 5.69. The predicted molar refractivity (Wildman–Crippen MR) is 88.9 cm³/mol. The van der Waals surface area contributed by atoms with Gasteiger partial charge in [0.15, 0.2) is 0 Å². The highest BCUT2D eigenvalue weighted by Gasteiger charge is 2.21. The SMILES string of the molecule is COC(=O)Cc1c(C(=O)c2ccc(Cl)cc2)[nH]c2cc(F)ccc12. The Morgan fingerprint density at radius 1 is 1.17 bits per heavy atom. The van der Waals surface area contributed by atoms with Crippen LogP contribution in [0.2, 0.25) is 5.02 Å². The monoisotopic (exact) mass is 345 g/mol. The van der Waals surface area contributed by atoms with Crippen molar-refractivity contribution in [2.45, 2.75) is 6.42 Å². The van der Waals surface area contributed by atoms with E-state index in [4.69, 9.17) is 16.3 Å². The third-order valence-electron chi connectivity index (χ3n) is 3.75. The van der Waals surface area contributed by atoms with E-state index < -0.39 is 11.8 Å². The molecule has 0 aliphatic carbocycles. The molecule has 0 saturated heterocycles. The van der Waals surface area contributed by atoms with E-state index in [0.717, 1.165) is 0 Å². The Labute approximate surface area is 142 Å². The first-order chi connectivity index (χ1) is 11.5. The molecule has 0 aliphatic rings. The molecule has 4 nitrogen and oxygen atoms in total. The third kappa shape index (κ3) is 3.03. The molecule has 1 aromatic heterocycles. The maximum absolute atomic E-state index is 13.5. The van der Waals surface area contributed by atoms with Gasteiger partial charge in [-0.25, -0.2) is 4.39 Å². The van der Waals surface area contributed by atoms with Crippen molar-refractivity contribution in [2.24, 2.45) is 0 Å². The Morgan fingerprint density at radius 2 is 1.88 bits per heavy atom. The number of benzene rings is 2. The highest BCUT2D eigenvalue weighted by Crippen LogP contribution is 2.26. The lowest BCUT2D eigenvalue weighted by Gasteiger charge is -2.04. The lowest BCUT2D eigenvalue weighted by molar-refractivity contribution is -0.139. The fourth-order valence-electron chi connectivity index (χ4n) is 2.57. The minimum absolute atomic E-state index is 0.0865. The molecule has 3 rings (SSSR count). The average molecular weight is 346 g/mol. The summed E-state index contributed by atoms with van der Waals surface area (Å²) in [4.78, 5) is 27.4. The van der Waals surface area contributed by atoms with Gasteiger partial charge in [-0.05, 0) is 42.5 Å². The zero-order chi connectivity index (χ0) is 17.3. The second kappa shape index (κ2) is 6.45. The summed E-state index contributed by atoms with van der Waals surface area (Å²) in [5.41, 5.74) is 1.59. The van der Waals surface area contributed by atoms with Crippen LogP contribution in [-0.2, 0) is 16.0 Å². The number of carbonyl (C=O) groups excluding carboxylic acids is 2. The van der Waals surface area contributed by atoms with Crippen molar-refractivity contribution in [2.75, 3.05) is 7.11 Å². The first-order valence-electron chi connectivity index (χ1n) is 7.17. The number of aromatic nitrogens is 1. The van der Waals surface area contributed by atoms with Crippen LogP contribution in [0, 0.1) is 5.82 Å². The van der Waals surface area contributed by atoms with Crippen LogP contribution in [-0.4, -0.2) is 23.8 Å². The summed E-state index contributed by atoms with van der Waals surface area (Å²) in [6.45, 7) is 0. The fraction of sp³-hybridized carbons (Fsp3) is 0.111. The summed E-state index contributed by atoms with van der Waals surface area (Å²) in [7, 11) is 1.28. The van der Waals surface area contributed by atoms with E-state index in [2.05, 4.69) is 4.98 Å². The van der Waals surface area contributed by atoms with Crippen LogP contribution in [0.3, 0.4) is 0 Å². The Morgan fingerprint density at radius 3 is 2.54 bits per heavy atom. The number of halogens is 2. The van der Waals surface area contributed by atoms with Gasteiger partial charge in [-0.3, -0.25) is 9.59 Å².